The molecule has 0 aliphatic carbocycles. The predicted molar refractivity (Wildman–Crippen MR) is 139 cm³/mol. The van der Waals surface area contributed by atoms with Gasteiger partial charge in [-0.25, -0.2) is 13.1 Å². The van der Waals surface area contributed by atoms with Gasteiger partial charge in [-0.2, -0.15) is 5.06 Å². The Bertz CT molecular complexity index is 1340. The van der Waals surface area contributed by atoms with Gasteiger partial charge < -0.3 is 9.94 Å². The molecule has 6 nitrogen and oxygen atoms in total. The van der Waals surface area contributed by atoms with Gasteiger partial charge >= 0.3 is 0 Å². The van der Waals surface area contributed by atoms with Gasteiger partial charge in [0.25, 0.3) is 0 Å². The Hall–Kier alpha value is -2.72. The van der Waals surface area contributed by atoms with Crippen LogP contribution in [0.5, 0.6) is 11.5 Å². The van der Waals surface area contributed by atoms with Crippen molar-refractivity contribution in [1.29, 1.82) is 0 Å². The quantitative estimate of drug-likeness (QED) is 0.230. The highest BCUT2D eigenvalue weighted by Gasteiger charge is 2.17. The van der Waals surface area contributed by atoms with Gasteiger partial charge in [0.1, 0.15) is 15.7 Å². The summed E-state index contributed by atoms with van der Waals surface area (Å²) in [5.41, 5.74) is 1.86. The van der Waals surface area contributed by atoms with Crippen LogP contribution in [-0.4, -0.2) is 25.2 Å². The fraction of sp³-hybridized carbons (Fsp3) is 0.154. The van der Waals surface area contributed by atoms with Crippen molar-refractivity contribution in [1.82, 2.24) is 9.79 Å². The van der Waals surface area contributed by atoms with E-state index in [1.165, 1.54) is 0 Å². The Morgan fingerprint density at radius 1 is 0.857 bits per heavy atom. The molecule has 0 spiro atoms. The molecule has 3 aromatic carbocycles. The molecule has 182 valence electrons. The highest BCUT2D eigenvalue weighted by atomic mass is 35.5. The lowest BCUT2D eigenvalue weighted by Gasteiger charge is -2.13. The second kappa shape index (κ2) is 11.8. The lowest BCUT2D eigenvalue weighted by atomic mass is 10.1. The number of rotatable bonds is 11. The van der Waals surface area contributed by atoms with Crippen LogP contribution >= 0.6 is 22.9 Å². The van der Waals surface area contributed by atoms with Crippen molar-refractivity contribution in [2.75, 3.05) is 6.54 Å². The minimum Gasteiger partial charge on any atom is -0.457 e. The molecule has 1 heterocycles. The number of hydrogen-bond acceptors (Lipinski definition) is 6. The maximum Gasteiger partial charge on any atom is 0.250 e. The number of nitrogens with zero attached hydrogens (tertiary/aromatic N) is 1. The molecule has 4 aromatic rings. The normalized spacial score (nSPS) is 11.6. The number of sulfonamides is 1. The molecular weight excluding hydrogens is 504 g/mol. The van der Waals surface area contributed by atoms with Crippen LogP contribution in [0.15, 0.2) is 95.2 Å². The fourth-order valence-electron chi connectivity index (χ4n) is 3.42. The molecule has 0 unspecified atom stereocenters. The van der Waals surface area contributed by atoms with Crippen LogP contribution in [0.3, 0.4) is 0 Å². The van der Waals surface area contributed by atoms with Gasteiger partial charge in [0.05, 0.1) is 6.54 Å². The molecule has 0 saturated heterocycles. The minimum absolute atomic E-state index is 0.212. The first-order valence-corrected chi connectivity index (χ1v) is 13.6. The van der Waals surface area contributed by atoms with Gasteiger partial charge in [-0.15, -0.1) is 11.3 Å². The van der Waals surface area contributed by atoms with E-state index in [0.29, 0.717) is 11.4 Å². The summed E-state index contributed by atoms with van der Waals surface area (Å²) in [6.07, 6.45) is 0.549. The third-order valence-corrected chi connectivity index (χ3v) is 8.36. The minimum atomic E-state index is -3.63. The molecule has 2 N–H and O–H groups in total. The van der Waals surface area contributed by atoms with Crippen LogP contribution in [0.25, 0.3) is 0 Å². The van der Waals surface area contributed by atoms with Crippen molar-refractivity contribution in [2.24, 2.45) is 0 Å². The molecule has 0 bridgehead atoms. The summed E-state index contributed by atoms with van der Waals surface area (Å²) < 4.78 is 34.0. The molecule has 35 heavy (non-hydrogen) atoms. The van der Waals surface area contributed by atoms with Gasteiger partial charge in [0.15, 0.2) is 0 Å². The first kappa shape index (κ1) is 25.4. The maximum atomic E-state index is 12.7. The molecule has 0 amide bonds. The molecule has 0 saturated carbocycles. The van der Waals surface area contributed by atoms with E-state index in [4.69, 9.17) is 16.3 Å². The van der Waals surface area contributed by atoms with Crippen molar-refractivity contribution in [2.45, 2.75) is 23.7 Å². The summed E-state index contributed by atoms with van der Waals surface area (Å²) in [6.45, 7) is 0.771. The molecule has 0 aliphatic rings. The lowest BCUT2D eigenvalue weighted by molar-refractivity contribution is -0.107. The number of benzene rings is 3. The zero-order valence-electron chi connectivity index (χ0n) is 18.8. The predicted octanol–water partition coefficient (Wildman–Crippen LogP) is 6.11. The number of halogens is 1. The molecule has 0 aliphatic heterocycles. The standard InChI is InChI=1S/C26H25ClN2O4S2/c27-22-6-4-5-21(17-22)18-29(30)19-25-13-14-26(34-25)35(31,32)28-16-15-20-9-11-24(12-10-20)33-23-7-2-1-3-8-23/h1-14,17,28,30H,15-16,18-19H2. The highest BCUT2D eigenvalue weighted by Crippen LogP contribution is 2.24. The highest BCUT2D eigenvalue weighted by molar-refractivity contribution is 7.91. The van der Waals surface area contributed by atoms with Crippen molar-refractivity contribution in [3.05, 3.63) is 112 Å². The van der Waals surface area contributed by atoms with Crippen LogP contribution in [0.4, 0.5) is 0 Å². The molecule has 9 heteroatoms. The number of thiophene rings is 1. The number of hydrogen-bond donors (Lipinski definition) is 2. The largest absolute Gasteiger partial charge is 0.457 e. The van der Waals surface area contributed by atoms with Crippen LogP contribution in [0.1, 0.15) is 16.0 Å². The van der Waals surface area contributed by atoms with Crippen LogP contribution in [0.2, 0.25) is 5.02 Å². The van der Waals surface area contributed by atoms with E-state index in [1.807, 2.05) is 66.7 Å². The first-order chi connectivity index (χ1) is 16.9. The number of hydroxylamine groups is 2. The van der Waals surface area contributed by atoms with Crippen molar-refractivity contribution in [3.63, 3.8) is 0 Å². The lowest BCUT2D eigenvalue weighted by Crippen LogP contribution is -2.25. The third kappa shape index (κ3) is 7.63. The molecular formula is C26H25ClN2O4S2. The fourth-order valence-corrected chi connectivity index (χ4v) is 6.07. The van der Waals surface area contributed by atoms with Gasteiger partial charge in [-0.3, -0.25) is 0 Å². The maximum absolute atomic E-state index is 12.7. The monoisotopic (exact) mass is 528 g/mol. The zero-order chi connectivity index (χ0) is 24.7. The van der Waals surface area contributed by atoms with E-state index >= 15 is 0 Å². The summed E-state index contributed by atoms with van der Waals surface area (Å²) >= 11 is 7.12. The van der Waals surface area contributed by atoms with E-state index in [9.17, 15) is 13.6 Å². The average Bonchev–Trinajstić information content (AvgIpc) is 3.30. The van der Waals surface area contributed by atoms with Gasteiger partial charge in [-0.05, 0) is 66.1 Å². The van der Waals surface area contributed by atoms with Gasteiger partial charge in [0.2, 0.25) is 10.0 Å². The number of para-hydroxylation sites is 1. The Balaban J connectivity index is 1.26. The van der Waals surface area contributed by atoms with E-state index < -0.39 is 10.0 Å². The summed E-state index contributed by atoms with van der Waals surface area (Å²) in [5.74, 6) is 1.48. The van der Waals surface area contributed by atoms with Crippen molar-refractivity contribution < 1.29 is 18.4 Å². The first-order valence-electron chi connectivity index (χ1n) is 11.0. The summed E-state index contributed by atoms with van der Waals surface area (Å²) in [5, 5.41) is 12.0. The Morgan fingerprint density at radius 2 is 1.60 bits per heavy atom. The smallest absolute Gasteiger partial charge is 0.250 e. The zero-order valence-corrected chi connectivity index (χ0v) is 21.2. The molecule has 4 rings (SSSR count). The molecule has 1 aromatic heterocycles. The molecule has 0 radical (unpaired) electrons. The SMILES string of the molecule is O=S(=O)(NCCc1ccc(Oc2ccccc2)cc1)c1ccc(CN(O)Cc2cccc(Cl)c2)s1. The Morgan fingerprint density at radius 3 is 2.34 bits per heavy atom. The van der Waals surface area contributed by atoms with Crippen molar-refractivity contribution in [3.8, 4) is 11.5 Å². The number of nitrogens with one attached hydrogen (secondary N) is 1. The van der Waals surface area contributed by atoms with E-state index in [0.717, 1.165) is 43.9 Å². The summed E-state index contributed by atoms with van der Waals surface area (Å²) in [4.78, 5) is 0.740. The van der Waals surface area contributed by atoms with Gasteiger partial charge in [-0.1, -0.05) is 54.1 Å². The molecule has 0 fully saturated rings. The van der Waals surface area contributed by atoms with E-state index in [1.54, 1.807) is 24.3 Å². The van der Waals surface area contributed by atoms with E-state index in [-0.39, 0.29) is 23.8 Å². The number of ether oxygens (including phenoxy) is 1. The second-order valence-corrected chi connectivity index (χ2v) is 11.5. The Labute approximate surface area is 214 Å². The summed E-state index contributed by atoms with van der Waals surface area (Å²) in [7, 11) is -3.63. The topological polar surface area (TPSA) is 78.9 Å². The van der Waals surface area contributed by atoms with Gasteiger partial charge in [0, 0.05) is 23.0 Å². The van der Waals surface area contributed by atoms with Crippen LogP contribution in [0, 0.1) is 0 Å². The molecule has 0 atom stereocenters. The van der Waals surface area contributed by atoms with Crippen molar-refractivity contribution >= 4 is 33.0 Å². The van der Waals surface area contributed by atoms with E-state index in [2.05, 4.69) is 4.72 Å². The van der Waals surface area contributed by atoms with Crippen LogP contribution < -0.4 is 9.46 Å². The van der Waals surface area contributed by atoms with Crippen LogP contribution in [-0.2, 0) is 29.5 Å². The Kier molecular flexibility index (Phi) is 8.56. The third-order valence-electron chi connectivity index (χ3n) is 5.10. The summed E-state index contributed by atoms with van der Waals surface area (Å²) in [6, 6.07) is 27.6. The average molecular weight is 529 g/mol. The second-order valence-electron chi connectivity index (χ2n) is 7.88.